The highest BCUT2D eigenvalue weighted by atomic mass is 32.2. The summed E-state index contributed by atoms with van der Waals surface area (Å²) in [5, 5.41) is 2.06. The van der Waals surface area contributed by atoms with Gasteiger partial charge in [-0.3, -0.25) is 4.79 Å². The monoisotopic (exact) mass is 359 g/mol. The molecule has 132 valence electrons. The Kier molecular flexibility index (Phi) is 4.81. The van der Waals surface area contributed by atoms with Crippen molar-refractivity contribution in [1.82, 2.24) is 5.32 Å². The number of hydrogen-bond donors (Lipinski definition) is 1. The zero-order chi connectivity index (χ0) is 18.0. The molecule has 5 nitrogen and oxygen atoms in total. The number of nitrogens with one attached hydrogen (secondary N) is 1. The van der Waals surface area contributed by atoms with Gasteiger partial charge in [-0.05, 0) is 18.6 Å². The van der Waals surface area contributed by atoms with Crippen LogP contribution < -0.4 is 10.1 Å². The zero-order valence-electron chi connectivity index (χ0n) is 14.2. The van der Waals surface area contributed by atoms with Crippen molar-refractivity contribution in [2.45, 2.75) is 24.1 Å². The van der Waals surface area contributed by atoms with Crippen LogP contribution in [0.2, 0.25) is 0 Å². The predicted molar refractivity (Wildman–Crippen MR) is 96.3 cm³/mol. The van der Waals surface area contributed by atoms with Gasteiger partial charge in [0, 0.05) is 11.8 Å². The van der Waals surface area contributed by atoms with E-state index in [9.17, 15) is 13.2 Å². The van der Waals surface area contributed by atoms with E-state index in [4.69, 9.17) is 4.74 Å². The highest BCUT2D eigenvalue weighted by Crippen LogP contribution is 2.37. The van der Waals surface area contributed by atoms with E-state index in [-0.39, 0.29) is 18.4 Å². The molecule has 1 aliphatic rings. The van der Waals surface area contributed by atoms with Crippen LogP contribution in [0.3, 0.4) is 0 Å². The van der Waals surface area contributed by atoms with E-state index in [1.165, 1.54) is 6.26 Å². The Hall–Kier alpha value is -2.34. The molecule has 25 heavy (non-hydrogen) atoms. The Balaban J connectivity index is 1.85. The van der Waals surface area contributed by atoms with E-state index in [1.807, 2.05) is 30.3 Å². The average Bonchev–Trinajstić information content (AvgIpc) is 2.60. The largest absolute Gasteiger partial charge is 0.491 e. The predicted octanol–water partition coefficient (Wildman–Crippen LogP) is 2.45. The van der Waals surface area contributed by atoms with E-state index in [2.05, 4.69) is 5.32 Å². The van der Waals surface area contributed by atoms with Crippen LogP contribution in [-0.4, -0.2) is 33.2 Å². The quantitative estimate of drug-likeness (QED) is 0.910. The fourth-order valence-electron chi connectivity index (χ4n) is 3.18. The summed E-state index contributed by atoms with van der Waals surface area (Å²) in [6.07, 6.45) is 1.19. The van der Waals surface area contributed by atoms with Gasteiger partial charge in [0.15, 0.2) is 9.84 Å². The molecule has 0 bridgehead atoms. The lowest BCUT2D eigenvalue weighted by Gasteiger charge is -2.33. The van der Waals surface area contributed by atoms with E-state index >= 15 is 0 Å². The van der Waals surface area contributed by atoms with Crippen LogP contribution >= 0.6 is 0 Å². The standard InChI is InChI=1S/C19H21NO4S/c1-13(14-8-4-3-5-9-14)19(21)20-16-12-24-17-11-7-6-10-15(17)18(16)25(2,22)23/h3-11,13,16,18H,12H2,1-2H3,(H,20,21)/t13-,16?,18?/m0/s1. The Morgan fingerprint density at radius 2 is 1.76 bits per heavy atom. The van der Waals surface area contributed by atoms with E-state index in [1.54, 1.807) is 31.2 Å². The zero-order valence-corrected chi connectivity index (χ0v) is 15.0. The van der Waals surface area contributed by atoms with Crippen molar-refractivity contribution in [3.63, 3.8) is 0 Å². The van der Waals surface area contributed by atoms with Crippen molar-refractivity contribution in [2.24, 2.45) is 0 Å². The lowest BCUT2D eigenvalue weighted by Crippen LogP contribution is -2.48. The molecule has 0 radical (unpaired) electrons. The second-order valence-electron chi connectivity index (χ2n) is 6.35. The lowest BCUT2D eigenvalue weighted by atomic mass is 9.98. The number of benzene rings is 2. The van der Waals surface area contributed by atoms with Gasteiger partial charge in [0.25, 0.3) is 0 Å². The maximum absolute atomic E-state index is 12.6. The van der Waals surface area contributed by atoms with Gasteiger partial charge in [-0.25, -0.2) is 8.42 Å². The second kappa shape index (κ2) is 6.88. The van der Waals surface area contributed by atoms with Crippen molar-refractivity contribution in [1.29, 1.82) is 0 Å². The van der Waals surface area contributed by atoms with Crippen LogP contribution in [0.15, 0.2) is 54.6 Å². The molecule has 6 heteroatoms. The Morgan fingerprint density at radius 1 is 1.12 bits per heavy atom. The molecule has 2 aromatic carbocycles. The topological polar surface area (TPSA) is 72.5 Å². The number of amides is 1. The lowest BCUT2D eigenvalue weighted by molar-refractivity contribution is -0.123. The van der Waals surface area contributed by atoms with Crippen LogP contribution in [0, 0.1) is 0 Å². The number of carbonyl (C=O) groups is 1. The normalized spacial score (nSPS) is 20.9. The minimum atomic E-state index is -3.42. The number of sulfone groups is 1. The number of para-hydroxylation sites is 1. The molecule has 0 saturated carbocycles. The van der Waals surface area contributed by atoms with Crippen molar-refractivity contribution < 1.29 is 17.9 Å². The fraction of sp³-hybridized carbons (Fsp3) is 0.316. The van der Waals surface area contributed by atoms with Crippen molar-refractivity contribution in [2.75, 3.05) is 12.9 Å². The Bertz CT molecular complexity index is 864. The van der Waals surface area contributed by atoms with Gasteiger partial charge in [0.1, 0.15) is 17.6 Å². The highest BCUT2D eigenvalue weighted by molar-refractivity contribution is 7.91. The molecular formula is C19H21NO4S. The third-order valence-corrected chi connectivity index (χ3v) is 6.00. The van der Waals surface area contributed by atoms with Crippen LogP contribution in [0.5, 0.6) is 5.75 Å². The summed E-state index contributed by atoms with van der Waals surface area (Å²) < 4.78 is 30.4. The number of hydrogen-bond acceptors (Lipinski definition) is 4. The Labute approximate surface area is 147 Å². The first-order valence-corrected chi connectivity index (χ1v) is 10.1. The molecule has 0 spiro atoms. The van der Waals surface area contributed by atoms with Crippen LogP contribution in [0.4, 0.5) is 0 Å². The van der Waals surface area contributed by atoms with Crippen LogP contribution in [0.1, 0.15) is 29.2 Å². The summed E-state index contributed by atoms with van der Waals surface area (Å²) in [7, 11) is -3.42. The minimum Gasteiger partial charge on any atom is -0.491 e. The van der Waals surface area contributed by atoms with Gasteiger partial charge in [0.05, 0.1) is 12.0 Å². The molecule has 0 aliphatic carbocycles. The first-order chi connectivity index (χ1) is 11.9. The first kappa shape index (κ1) is 17.5. The fourth-order valence-corrected chi connectivity index (χ4v) is 4.58. The van der Waals surface area contributed by atoms with Gasteiger partial charge in [0.2, 0.25) is 5.91 Å². The van der Waals surface area contributed by atoms with Gasteiger partial charge in [-0.2, -0.15) is 0 Å². The summed E-state index contributed by atoms with van der Waals surface area (Å²) >= 11 is 0. The summed E-state index contributed by atoms with van der Waals surface area (Å²) in [5.41, 5.74) is 1.47. The summed E-state index contributed by atoms with van der Waals surface area (Å²) in [5.74, 6) is -0.0362. The molecule has 3 rings (SSSR count). The van der Waals surface area contributed by atoms with Crippen molar-refractivity contribution in [3.05, 3.63) is 65.7 Å². The smallest absolute Gasteiger partial charge is 0.227 e. The maximum Gasteiger partial charge on any atom is 0.227 e. The van der Waals surface area contributed by atoms with Crippen molar-refractivity contribution in [3.8, 4) is 5.75 Å². The highest BCUT2D eigenvalue weighted by Gasteiger charge is 2.39. The minimum absolute atomic E-state index is 0.127. The second-order valence-corrected chi connectivity index (χ2v) is 8.51. The number of rotatable bonds is 4. The van der Waals surface area contributed by atoms with Crippen LogP contribution in [-0.2, 0) is 14.6 Å². The third-order valence-electron chi connectivity index (χ3n) is 4.49. The molecule has 1 N–H and O–H groups in total. The van der Waals surface area contributed by atoms with Gasteiger partial charge in [-0.1, -0.05) is 48.5 Å². The first-order valence-electron chi connectivity index (χ1n) is 8.14. The van der Waals surface area contributed by atoms with Crippen molar-refractivity contribution >= 4 is 15.7 Å². The number of ether oxygens (including phenoxy) is 1. The molecule has 0 fully saturated rings. The number of fused-ring (bicyclic) bond motifs is 1. The Morgan fingerprint density at radius 3 is 2.44 bits per heavy atom. The van der Waals surface area contributed by atoms with Gasteiger partial charge >= 0.3 is 0 Å². The summed E-state index contributed by atoms with van der Waals surface area (Å²) in [6.45, 7) is 1.93. The third kappa shape index (κ3) is 3.69. The summed E-state index contributed by atoms with van der Waals surface area (Å²) in [6, 6.07) is 15.8. The van der Waals surface area contributed by atoms with Crippen LogP contribution in [0.25, 0.3) is 0 Å². The molecule has 0 saturated heterocycles. The molecule has 0 aromatic heterocycles. The number of carbonyl (C=O) groups excluding carboxylic acids is 1. The van der Waals surface area contributed by atoms with E-state index in [0.29, 0.717) is 11.3 Å². The van der Waals surface area contributed by atoms with E-state index in [0.717, 1.165) is 5.56 Å². The van der Waals surface area contributed by atoms with Gasteiger partial charge < -0.3 is 10.1 Å². The SMILES string of the molecule is C[C@H](C(=O)NC1COc2ccccc2C1S(C)(=O)=O)c1ccccc1. The molecule has 1 aliphatic heterocycles. The molecule has 1 amide bonds. The van der Waals surface area contributed by atoms with E-state index < -0.39 is 21.1 Å². The average molecular weight is 359 g/mol. The van der Waals surface area contributed by atoms with Gasteiger partial charge in [-0.15, -0.1) is 0 Å². The summed E-state index contributed by atoms with van der Waals surface area (Å²) in [4.78, 5) is 12.6. The molecule has 3 atom stereocenters. The molecular weight excluding hydrogens is 338 g/mol. The molecule has 1 heterocycles. The maximum atomic E-state index is 12.6. The molecule has 2 aromatic rings. The molecule has 2 unspecified atom stereocenters.